The molecule has 4 nitrogen and oxygen atoms in total. The molecular formula is C13H22N2O2. The summed E-state index contributed by atoms with van der Waals surface area (Å²) < 4.78 is 0. The molecule has 0 radical (unpaired) electrons. The van der Waals surface area contributed by atoms with E-state index in [9.17, 15) is 9.90 Å². The lowest BCUT2D eigenvalue weighted by Gasteiger charge is -2.30. The molecule has 0 saturated heterocycles. The van der Waals surface area contributed by atoms with Gasteiger partial charge in [-0.3, -0.25) is 4.79 Å². The molecule has 0 aromatic carbocycles. The summed E-state index contributed by atoms with van der Waals surface area (Å²) in [6, 6.07) is 1.99. The molecule has 17 heavy (non-hydrogen) atoms. The molecule has 0 bridgehead atoms. The van der Waals surface area contributed by atoms with Crippen LogP contribution in [0, 0.1) is 28.6 Å². The van der Waals surface area contributed by atoms with E-state index in [4.69, 9.17) is 5.26 Å². The molecule has 0 aromatic heterocycles. The Labute approximate surface area is 103 Å². The average Bonchev–Trinajstić information content (AvgIpc) is 2.36. The highest BCUT2D eigenvalue weighted by molar-refractivity contribution is 5.84. The van der Waals surface area contributed by atoms with Crippen LogP contribution in [0.3, 0.4) is 0 Å². The topological polar surface area (TPSA) is 73.1 Å². The molecule has 2 atom stereocenters. The van der Waals surface area contributed by atoms with E-state index >= 15 is 0 Å². The van der Waals surface area contributed by atoms with Crippen LogP contribution in [0.5, 0.6) is 0 Å². The van der Waals surface area contributed by atoms with Crippen molar-refractivity contribution in [1.82, 2.24) is 5.32 Å². The second-order valence-corrected chi connectivity index (χ2v) is 5.43. The lowest BCUT2D eigenvalue weighted by atomic mass is 9.79. The number of nitriles is 1. The summed E-state index contributed by atoms with van der Waals surface area (Å²) in [6.07, 6.45) is 4.43. The third-order valence-electron chi connectivity index (χ3n) is 3.67. The van der Waals surface area contributed by atoms with Crippen LogP contribution in [0.25, 0.3) is 0 Å². The summed E-state index contributed by atoms with van der Waals surface area (Å²) in [5.74, 6) is 0.434. The van der Waals surface area contributed by atoms with E-state index in [1.165, 1.54) is 12.8 Å². The van der Waals surface area contributed by atoms with Crippen LogP contribution in [0.1, 0.15) is 39.5 Å². The van der Waals surface area contributed by atoms with Crippen LogP contribution in [-0.2, 0) is 4.79 Å². The van der Waals surface area contributed by atoms with Crippen molar-refractivity contribution in [2.45, 2.75) is 39.5 Å². The maximum Gasteiger partial charge on any atom is 0.239 e. The lowest BCUT2D eigenvalue weighted by Crippen LogP contribution is -2.41. The molecule has 1 amide bonds. The smallest absolute Gasteiger partial charge is 0.239 e. The number of amides is 1. The molecule has 1 saturated carbocycles. The fraction of sp³-hybridized carbons (Fsp3) is 0.846. The number of hydrogen-bond donors (Lipinski definition) is 2. The van der Waals surface area contributed by atoms with Gasteiger partial charge in [-0.05, 0) is 38.5 Å². The maximum atomic E-state index is 11.7. The van der Waals surface area contributed by atoms with Crippen molar-refractivity contribution in [2.75, 3.05) is 13.2 Å². The summed E-state index contributed by atoms with van der Waals surface area (Å²) in [7, 11) is 0. The summed E-state index contributed by atoms with van der Waals surface area (Å²) in [5, 5.41) is 21.0. The van der Waals surface area contributed by atoms with Crippen LogP contribution in [0.2, 0.25) is 0 Å². The van der Waals surface area contributed by atoms with Gasteiger partial charge in [-0.2, -0.15) is 5.26 Å². The van der Waals surface area contributed by atoms with Crippen LogP contribution in [-0.4, -0.2) is 24.2 Å². The summed E-state index contributed by atoms with van der Waals surface area (Å²) in [5.41, 5.74) is -0.969. The Morgan fingerprint density at radius 3 is 2.53 bits per heavy atom. The van der Waals surface area contributed by atoms with Gasteiger partial charge in [0.1, 0.15) is 5.41 Å². The zero-order chi connectivity index (χ0) is 12.9. The van der Waals surface area contributed by atoms with Gasteiger partial charge in [0, 0.05) is 13.2 Å². The molecule has 4 heteroatoms. The number of aliphatic hydroxyl groups excluding tert-OH is 1. The van der Waals surface area contributed by atoms with Crippen molar-refractivity contribution >= 4 is 5.91 Å². The Kier molecular flexibility index (Phi) is 4.95. The number of rotatable bonds is 4. The first kappa shape index (κ1) is 14.0. The summed E-state index contributed by atoms with van der Waals surface area (Å²) in [6.45, 7) is 4.01. The average molecular weight is 238 g/mol. The Morgan fingerprint density at radius 1 is 1.41 bits per heavy atom. The summed E-state index contributed by atoms with van der Waals surface area (Å²) in [4.78, 5) is 11.7. The number of carbonyl (C=O) groups excluding carboxylic acids is 1. The molecule has 0 aromatic rings. The van der Waals surface area contributed by atoms with Gasteiger partial charge in [-0.1, -0.05) is 12.8 Å². The molecule has 1 aliphatic rings. The van der Waals surface area contributed by atoms with Crippen LogP contribution in [0.15, 0.2) is 0 Å². The van der Waals surface area contributed by atoms with Gasteiger partial charge in [-0.15, -0.1) is 0 Å². The van der Waals surface area contributed by atoms with Crippen LogP contribution in [0.4, 0.5) is 0 Å². The quantitative estimate of drug-likeness (QED) is 0.778. The zero-order valence-electron chi connectivity index (χ0n) is 10.7. The van der Waals surface area contributed by atoms with Gasteiger partial charge in [0.2, 0.25) is 5.91 Å². The molecule has 96 valence electrons. The van der Waals surface area contributed by atoms with E-state index in [-0.39, 0.29) is 12.5 Å². The van der Waals surface area contributed by atoms with E-state index in [1.54, 1.807) is 13.8 Å². The van der Waals surface area contributed by atoms with Gasteiger partial charge in [0.05, 0.1) is 6.07 Å². The molecule has 1 rings (SSSR count). The second kappa shape index (κ2) is 6.02. The number of nitrogens with zero attached hydrogens (tertiary/aromatic N) is 1. The molecule has 0 aliphatic heterocycles. The standard InChI is InChI=1S/C13H22N2O2/c1-13(2,9-14)12(17)15-7-10-5-3-4-6-11(10)8-16/h10-11,16H,3-8H2,1-2H3,(H,15,17). The number of carbonyl (C=O) groups is 1. The van der Waals surface area contributed by atoms with Gasteiger partial charge < -0.3 is 10.4 Å². The van der Waals surface area contributed by atoms with Gasteiger partial charge in [0.15, 0.2) is 0 Å². The molecule has 1 fully saturated rings. The molecule has 1 aliphatic carbocycles. The highest BCUT2D eigenvalue weighted by atomic mass is 16.3. The SMILES string of the molecule is CC(C)(C#N)C(=O)NCC1CCCCC1CO. The minimum absolute atomic E-state index is 0.197. The fourth-order valence-corrected chi connectivity index (χ4v) is 2.29. The highest BCUT2D eigenvalue weighted by Crippen LogP contribution is 2.29. The largest absolute Gasteiger partial charge is 0.396 e. The molecule has 2 unspecified atom stereocenters. The Morgan fingerprint density at radius 2 is 2.00 bits per heavy atom. The zero-order valence-corrected chi connectivity index (χ0v) is 10.7. The second-order valence-electron chi connectivity index (χ2n) is 5.43. The number of hydrogen-bond acceptors (Lipinski definition) is 3. The number of nitrogens with one attached hydrogen (secondary N) is 1. The molecule has 0 heterocycles. The van der Waals surface area contributed by atoms with E-state index in [0.29, 0.717) is 18.4 Å². The first-order chi connectivity index (χ1) is 8.01. The first-order valence-corrected chi connectivity index (χ1v) is 6.31. The Balaban J connectivity index is 2.44. The lowest BCUT2D eigenvalue weighted by molar-refractivity contribution is -0.127. The minimum Gasteiger partial charge on any atom is -0.396 e. The van der Waals surface area contributed by atoms with E-state index in [1.807, 2.05) is 6.07 Å². The van der Waals surface area contributed by atoms with Crippen molar-refractivity contribution in [3.05, 3.63) is 0 Å². The van der Waals surface area contributed by atoms with Crippen molar-refractivity contribution in [2.24, 2.45) is 17.3 Å². The monoisotopic (exact) mass is 238 g/mol. The predicted molar refractivity (Wildman–Crippen MR) is 64.9 cm³/mol. The van der Waals surface area contributed by atoms with Crippen LogP contribution >= 0.6 is 0 Å². The molecule has 2 N–H and O–H groups in total. The highest BCUT2D eigenvalue weighted by Gasteiger charge is 2.29. The molecule has 0 spiro atoms. The number of aliphatic hydroxyl groups is 1. The normalized spacial score (nSPS) is 25.1. The Bertz CT molecular complexity index is 307. The van der Waals surface area contributed by atoms with E-state index < -0.39 is 5.41 Å². The third kappa shape index (κ3) is 3.71. The first-order valence-electron chi connectivity index (χ1n) is 6.31. The van der Waals surface area contributed by atoms with Crippen LogP contribution < -0.4 is 5.32 Å². The minimum atomic E-state index is -0.969. The van der Waals surface area contributed by atoms with E-state index in [0.717, 1.165) is 12.8 Å². The molecular weight excluding hydrogens is 216 g/mol. The van der Waals surface area contributed by atoms with Gasteiger partial charge in [0.25, 0.3) is 0 Å². The van der Waals surface area contributed by atoms with Crippen molar-refractivity contribution < 1.29 is 9.90 Å². The maximum absolute atomic E-state index is 11.7. The fourth-order valence-electron chi connectivity index (χ4n) is 2.29. The summed E-state index contributed by atoms with van der Waals surface area (Å²) >= 11 is 0. The van der Waals surface area contributed by atoms with Crippen molar-refractivity contribution in [3.63, 3.8) is 0 Å². The predicted octanol–water partition coefficient (Wildman–Crippen LogP) is 1.45. The van der Waals surface area contributed by atoms with E-state index in [2.05, 4.69) is 5.32 Å². The van der Waals surface area contributed by atoms with Crippen molar-refractivity contribution in [3.8, 4) is 6.07 Å². The Hall–Kier alpha value is -1.08. The van der Waals surface area contributed by atoms with Gasteiger partial charge in [-0.25, -0.2) is 0 Å². The van der Waals surface area contributed by atoms with Gasteiger partial charge >= 0.3 is 0 Å². The third-order valence-corrected chi connectivity index (χ3v) is 3.67. The van der Waals surface area contributed by atoms with Crippen molar-refractivity contribution in [1.29, 1.82) is 5.26 Å².